The number of aliphatic carboxylic acids is 1. The lowest BCUT2D eigenvalue weighted by atomic mass is 10.1. The van der Waals surface area contributed by atoms with Crippen LogP contribution in [0.25, 0.3) is 0 Å². The van der Waals surface area contributed by atoms with Gasteiger partial charge in [0.25, 0.3) is 0 Å². The average Bonchev–Trinajstić information content (AvgIpc) is 2.86. The molecule has 1 aliphatic rings. The van der Waals surface area contributed by atoms with Crippen molar-refractivity contribution >= 4 is 12.0 Å². The van der Waals surface area contributed by atoms with Gasteiger partial charge in [-0.2, -0.15) is 0 Å². The van der Waals surface area contributed by atoms with Crippen LogP contribution in [0.3, 0.4) is 0 Å². The van der Waals surface area contributed by atoms with Gasteiger partial charge in [0.15, 0.2) is 0 Å². The van der Waals surface area contributed by atoms with Crippen molar-refractivity contribution in [2.75, 3.05) is 33.5 Å². The molecule has 0 aromatic carbocycles. The van der Waals surface area contributed by atoms with E-state index in [9.17, 15) is 9.59 Å². The number of urea groups is 1. The fraction of sp³-hybridized carbons (Fsp3) is 0.846. The highest BCUT2D eigenvalue weighted by Crippen LogP contribution is 2.25. The first-order valence-corrected chi connectivity index (χ1v) is 6.97. The highest BCUT2D eigenvalue weighted by Gasteiger charge is 2.30. The van der Waals surface area contributed by atoms with Gasteiger partial charge in [0.1, 0.15) is 0 Å². The molecular weight excluding hydrogens is 264 g/mol. The van der Waals surface area contributed by atoms with E-state index in [0.29, 0.717) is 39.2 Å². The second kappa shape index (κ2) is 9.55. The number of carboxylic acid groups (broad SMARTS) is 1. The van der Waals surface area contributed by atoms with Gasteiger partial charge in [0.05, 0.1) is 19.1 Å². The van der Waals surface area contributed by atoms with Crippen molar-refractivity contribution in [3.63, 3.8) is 0 Å². The monoisotopic (exact) mass is 288 g/mol. The first-order valence-electron chi connectivity index (χ1n) is 6.97. The van der Waals surface area contributed by atoms with Gasteiger partial charge in [-0.3, -0.25) is 4.79 Å². The van der Waals surface area contributed by atoms with Gasteiger partial charge >= 0.3 is 12.0 Å². The maximum absolute atomic E-state index is 11.6. The molecule has 0 bridgehead atoms. The molecule has 2 amide bonds. The maximum atomic E-state index is 11.6. The van der Waals surface area contributed by atoms with Crippen molar-refractivity contribution in [1.29, 1.82) is 0 Å². The summed E-state index contributed by atoms with van der Waals surface area (Å²) in [7, 11) is 1.62. The molecule has 116 valence electrons. The summed E-state index contributed by atoms with van der Waals surface area (Å²) >= 11 is 0. The first kappa shape index (κ1) is 16.7. The van der Waals surface area contributed by atoms with Crippen LogP contribution in [0.2, 0.25) is 0 Å². The van der Waals surface area contributed by atoms with Crippen molar-refractivity contribution in [3.8, 4) is 0 Å². The van der Waals surface area contributed by atoms with Crippen LogP contribution in [0.5, 0.6) is 0 Å². The molecule has 20 heavy (non-hydrogen) atoms. The maximum Gasteiger partial charge on any atom is 0.315 e. The fourth-order valence-corrected chi connectivity index (χ4v) is 2.19. The van der Waals surface area contributed by atoms with Gasteiger partial charge in [-0.05, 0) is 25.7 Å². The van der Waals surface area contributed by atoms with Crippen molar-refractivity contribution < 1.29 is 24.2 Å². The molecule has 2 unspecified atom stereocenters. The third kappa shape index (κ3) is 6.72. The SMILES string of the molecule is COCCOCCCNC(=O)NC1CCC(C(=O)O)C1. The lowest BCUT2D eigenvalue weighted by Crippen LogP contribution is -2.41. The molecule has 0 aromatic rings. The van der Waals surface area contributed by atoms with Crippen molar-refractivity contribution in [2.45, 2.75) is 31.7 Å². The number of carbonyl (C=O) groups excluding carboxylic acids is 1. The lowest BCUT2D eigenvalue weighted by Gasteiger charge is -2.13. The molecule has 0 aromatic heterocycles. The Morgan fingerprint density at radius 2 is 2.05 bits per heavy atom. The van der Waals surface area contributed by atoms with E-state index in [-0.39, 0.29) is 18.0 Å². The first-order chi connectivity index (χ1) is 9.63. The Morgan fingerprint density at radius 3 is 2.70 bits per heavy atom. The molecule has 7 heteroatoms. The molecule has 0 saturated heterocycles. The van der Waals surface area contributed by atoms with Crippen molar-refractivity contribution in [1.82, 2.24) is 10.6 Å². The number of methoxy groups -OCH3 is 1. The molecule has 1 rings (SSSR count). The zero-order chi connectivity index (χ0) is 14.8. The van der Waals surface area contributed by atoms with Gasteiger partial charge < -0.3 is 25.2 Å². The predicted molar refractivity (Wildman–Crippen MR) is 72.6 cm³/mol. The molecule has 2 atom stereocenters. The van der Waals surface area contributed by atoms with E-state index in [2.05, 4.69) is 10.6 Å². The average molecular weight is 288 g/mol. The zero-order valence-electron chi connectivity index (χ0n) is 11.9. The third-order valence-corrected chi connectivity index (χ3v) is 3.30. The van der Waals surface area contributed by atoms with Crippen LogP contribution >= 0.6 is 0 Å². The summed E-state index contributed by atoms with van der Waals surface area (Å²) in [6, 6.07) is -0.271. The number of carboxylic acids is 1. The third-order valence-electron chi connectivity index (χ3n) is 3.30. The van der Waals surface area contributed by atoms with Crippen LogP contribution in [0.1, 0.15) is 25.7 Å². The van der Waals surface area contributed by atoms with Gasteiger partial charge in [-0.25, -0.2) is 4.79 Å². The summed E-state index contributed by atoms with van der Waals surface area (Å²) in [6.07, 6.45) is 2.61. The standard InChI is InChI=1S/C13H24N2O5/c1-19-7-8-20-6-2-5-14-13(18)15-11-4-3-10(9-11)12(16)17/h10-11H,2-9H2,1H3,(H,16,17)(H2,14,15,18). The summed E-state index contributed by atoms with van der Waals surface area (Å²) in [5, 5.41) is 14.4. The number of hydrogen-bond acceptors (Lipinski definition) is 4. The highest BCUT2D eigenvalue weighted by atomic mass is 16.5. The summed E-state index contributed by atoms with van der Waals surface area (Å²) in [6.45, 7) is 2.24. The quantitative estimate of drug-likeness (QED) is 0.540. The molecule has 7 nitrogen and oxygen atoms in total. The molecule has 1 aliphatic carbocycles. The smallest absolute Gasteiger partial charge is 0.315 e. The van der Waals surface area contributed by atoms with Crippen LogP contribution in [0, 0.1) is 5.92 Å². The van der Waals surface area contributed by atoms with E-state index in [0.717, 1.165) is 12.8 Å². The number of nitrogens with one attached hydrogen (secondary N) is 2. The fourth-order valence-electron chi connectivity index (χ4n) is 2.19. The largest absolute Gasteiger partial charge is 0.481 e. The summed E-state index contributed by atoms with van der Waals surface area (Å²) in [5.74, 6) is -1.10. The minimum absolute atomic E-state index is 0.0333. The number of amides is 2. The Labute approximate surface area is 119 Å². The van der Waals surface area contributed by atoms with E-state index >= 15 is 0 Å². The normalized spacial score (nSPS) is 21.6. The topological polar surface area (TPSA) is 96.9 Å². The van der Waals surface area contributed by atoms with Gasteiger partial charge in [0, 0.05) is 26.3 Å². The second-order valence-electron chi connectivity index (χ2n) is 4.90. The molecule has 0 radical (unpaired) electrons. The van der Waals surface area contributed by atoms with Gasteiger partial charge in [-0.1, -0.05) is 0 Å². The second-order valence-corrected chi connectivity index (χ2v) is 4.90. The van der Waals surface area contributed by atoms with Crippen LogP contribution in [0.4, 0.5) is 4.79 Å². The van der Waals surface area contributed by atoms with E-state index in [4.69, 9.17) is 14.6 Å². The van der Waals surface area contributed by atoms with Crippen molar-refractivity contribution in [2.24, 2.45) is 5.92 Å². The summed E-state index contributed by atoms with van der Waals surface area (Å²) in [4.78, 5) is 22.4. The lowest BCUT2D eigenvalue weighted by molar-refractivity contribution is -0.141. The van der Waals surface area contributed by atoms with Gasteiger partial charge in [0.2, 0.25) is 0 Å². The van der Waals surface area contributed by atoms with Crippen LogP contribution in [-0.4, -0.2) is 56.6 Å². The predicted octanol–water partition coefficient (Wildman–Crippen LogP) is 0.592. The number of carbonyl (C=O) groups is 2. The van der Waals surface area contributed by atoms with Crippen LogP contribution in [-0.2, 0) is 14.3 Å². The van der Waals surface area contributed by atoms with E-state index in [1.165, 1.54) is 0 Å². The Hall–Kier alpha value is -1.34. The highest BCUT2D eigenvalue weighted by molar-refractivity contribution is 5.75. The molecule has 0 heterocycles. The molecule has 0 spiro atoms. The van der Waals surface area contributed by atoms with Gasteiger partial charge in [-0.15, -0.1) is 0 Å². The van der Waals surface area contributed by atoms with Crippen LogP contribution in [0.15, 0.2) is 0 Å². The Kier molecular flexibility index (Phi) is 7.98. The summed E-state index contributed by atoms with van der Waals surface area (Å²) < 4.78 is 10.1. The van der Waals surface area contributed by atoms with E-state index in [1.807, 2.05) is 0 Å². The Bertz CT molecular complexity index is 311. The molecular formula is C13H24N2O5. The van der Waals surface area contributed by atoms with E-state index < -0.39 is 5.97 Å². The Balaban J connectivity index is 2.00. The minimum atomic E-state index is -0.775. The van der Waals surface area contributed by atoms with Crippen LogP contribution < -0.4 is 10.6 Å². The summed E-state index contributed by atoms with van der Waals surface area (Å²) in [5.41, 5.74) is 0. The Morgan fingerprint density at radius 1 is 1.25 bits per heavy atom. The van der Waals surface area contributed by atoms with Crippen molar-refractivity contribution in [3.05, 3.63) is 0 Å². The van der Waals surface area contributed by atoms with E-state index in [1.54, 1.807) is 7.11 Å². The molecule has 0 aliphatic heterocycles. The molecule has 1 fully saturated rings. The molecule has 3 N–H and O–H groups in total. The number of ether oxygens (including phenoxy) is 2. The minimum Gasteiger partial charge on any atom is -0.481 e. The number of hydrogen-bond donors (Lipinski definition) is 3. The molecule has 1 saturated carbocycles. The zero-order valence-corrected chi connectivity index (χ0v) is 11.9. The number of rotatable bonds is 9.